The first-order chi connectivity index (χ1) is 11.7. The molecule has 1 heterocycles. The molecule has 2 rings (SSSR count). The number of benzene rings is 1. The maximum Gasteiger partial charge on any atom is 0.442 e. The number of nitrogens with zero attached hydrogens (tertiary/aromatic N) is 2. The first kappa shape index (κ1) is 18.9. The molecule has 0 fully saturated rings. The Hall–Kier alpha value is -2.40. The normalized spacial score (nSPS) is 17.4. The van der Waals surface area contributed by atoms with Crippen LogP contribution in [0, 0.1) is 18.3 Å². The van der Waals surface area contributed by atoms with E-state index in [9.17, 15) is 23.1 Å². The molecule has 2 atom stereocenters. The number of methoxy groups -OCH3 is 1. The number of carbonyl (C=O) groups is 1. The lowest BCUT2D eigenvalue weighted by Gasteiger charge is -2.19. The van der Waals surface area contributed by atoms with Crippen molar-refractivity contribution in [1.29, 1.82) is 0 Å². The van der Waals surface area contributed by atoms with E-state index in [0.29, 0.717) is 12.0 Å². The fraction of sp³-hybridized carbons (Fsp3) is 0.471. The van der Waals surface area contributed by atoms with E-state index in [1.54, 1.807) is 0 Å². The molecule has 0 aliphatic carbocycles. The molecule has 1 aromatic rings. The SMILES string of the molecule is C#CC[C@@H](C(=O)OC)[C@@H](O)CCc1ccc(C2(C(F)(F)F)N=N2)cc1. The van der Waals surface area contributed by atoms with Gasteiger partial charge in [0.2, 0.25) is 0 Å². The molecule has 0 bridgehead atoms. The van der Waals surface area contributed by atoms with Crippen molar-refractivity contribution in [3.63, 3.8) is 0 Å². The summed E-state index contributed by atoms with van der Waals surface area (Å²) >= 11 is 0. The number of aliphatic hydroxyl groups excluding tert-OH is 1. The van der Waals surface area contributed by atoms with Gasteiger partial charge in [-0.25, -0.2) is 0 Å². The molecule has 0 saturated heterocycles. The number of hydrogen-bond acceptors (Lipinski definition) is 5. The Labute approximate surface area is 142 Å². The molecular weight excluding hydrogens is 337 g/mol. The molecule has 0 saturated carbocycles. The number of hydrogen-bond donors (Lipinski definition) is 1. The lowest BCUT2D eigenvalue weighted by Crippen LogP contribution is -2.30. The molecule has 0 radical (unpaired) electrons. The second kappa shape index (κ2) is 7.23. The summed E-state index contributed by atoms with van der Waals surface area (Å²) in [5, 5.41) is 16.4. The van der Waals surface area contributed by atoms with Gasteiger partial charge in [-0.15, -0.1) is 22.6 Å². The summed E-state index contributed by atoms with van der Waals surface area (Å²) in [5.41, 5.74) is -1.78. The molecule has 25 heavy (non-hydrogen) atoms. The maximum absolute atomic E-state index is 12.9. The van der Waals surface area contributed by atoms with Gasteiger partial charge in [-0.2, -0.15) is 13.2 Å². The van der Waals surface area contributed by atoms with Gasteiger partial charge in [0.1, 0.15) is 0 Å². The van der Waals surface area contributed by atoms with Crippen LogP contribution in [-0.4, -0.2) is 30.5 Å². The summed E-state index contributed by atoms with van der Waals surface area (Å²) in [7, 11) is 1.21. The summed E-state index contributed by atoms with van der Waals surface area (Å²) in [4.78, 5) is 11.6. The summed E-state index contributed by atoms with van der Waals surface area (Å²) < 4.78 is 43.4. The number of ether oxygens (including phenoxy) is 1. The Morgan fingerprint density at radius 3 is 2.40 bits per heavy atom. The standard InChI is InChI=1S/C17H17F3N2O3/c1-3-4-13(15(24)25-2)14(23)10-7-11-5-8-12(9-6-11)16(21-22-16)17(18,19)20/h1,5-6,8-9,13-14,23H,4,7,10H2,2H3/t13-,14+/m1/s1. The van der Waals surface area contributed by atoms with Crippen LogP contribution in [0.3, 0.4) is 0 Å². The van der Waals surface area contributed by atoms with E-state index < -0.39 is 29.8 Å². The number of halogens is 3. The first-order valence-corrected chi connectivity index (χ1v) is 7.54. The Morgan fingerprint density at radius 1 is 1.36 bits per heavy atom. The van der Waals surface area contributed by atoms with Gasteiger partial charge in [0, 0.05) is 12.0 Å². The third kappa shape index (κ3) is 3.99. The van der Waals surface area contributed by atoms with E-state index in [1.807, 2.05) is 0 Å². The number of esters is 1. The number of aliphatic hydroxyl groups is 1. The molecule has 134 valence electrons. The van der Waals surface area contributed by atoms with Crippen LogP contribution in [0.25, 0.3) is 0 Å². The summed E-state index contributed by atoms with van der Waals surface area (Å²) in [5.74, 6) is 0.899. The van der Waals surface area contributed by atoms with Gasteiger partial charge in [0.25, 0.3) is 0 Å². The molecule has 0 spiro atoms. The maximum atomic E-state index is 12.9. The van der Waals surface area contributed by atoms with Crippen molar-refractivity contribution >= 4 is 5.97 Å². The molecular formula is C17H17F3N2O3. The third-order valence-electron chi connectivity index (χ3n) is 4.09. The van der Waals surface area contributed by atoms with Crippen molar-refractivity contribution in [2.45, 2.75) is 37.2 Å². The zero-order valence-electron chi connectivity index (χ0n) is 13.5. The van der Waals surface area contributed by atoms with Gasteiger partial charge in [-0.3, -0.25) is 4.79 Å². The molecule has 5 nitrogen and oxygen atoms in total. The second-order valence-corrected chi connectivity index (χ2v) is 5.71. The van der Waals surface area contributed by atoms with Crippen LogP contribution in [0.2, 0.25) is 0 Å². The smallest absolute Gasteiger partial charge is 0.442 e. The van der Waals surface area contributed by atoms with Crippen molar-refractivity contribution in [1.82, 2.24) is 0 Å². The van der Waals surface area contributed by atoms with E-state index in [4.69, 9.17) is 6.42 Å². The van der Waals surface area contributed by atoms with Crippen LogP contribution in [0.5, 0.6) is 0 Å². The largest absolute Gasteiger partial charge is 0.469 e. The van der Waals surface area contributed by atoms with E-state index in [1.165, 1.54) is 31.4 Å². The highest BCUT2D eigenvalue weighted by atomic mass is 19.4. The number of terminal acetylenes is 1. The van der Waals surface area contributed by atoms with Crippen LogP contribution in [-0.2, 0) is 21.6 Å². The van der Waals surface area contributed by atoms with Crippen LogP contribution in [0.4, 0.5) is 13.2 Å². The molecule has 0 aromatic heterocycles. The lowest BCUT2D eigenvalue weighted by atomic mass is 9.93. The molecule has 1 N–H and O–H groups in total. The Balaban J connectivity index is 1.98. The van der Waals surface area contributed by atoms with Crippen LogP contribution in [0.1, 0.15) is 24.0 Å². The van der Waals surface area contributed by atoms with E-state index in [0.717, 1.165) is 0 Å². The second-order valence-electron chi connectivity index (χ2n) is 5.71. The van der Waals surface area contributed by atoms with Crippen molar-refractivity contribution in [3.8, 4) is 12.3 Å². The van der Waals surface area contributed by atoms with E-state index in [-0.39, 0.29) is 18.4 Å². The lowest BCUT2D eigenvalue weighted by molar-refractivity contribution is -0.166. The van der Waals surface area contributed by atoms with Crippen molar-refractivity contribution < 1.29 is 27.8 Å². The number of alkyl halides is 3. The topological polar surface area (TPSA) is 71.2 Å². The van der Waals surface area contributed by atoms with Crippen LogP contribution >= 0.6 is 0 Å². The van der Waals surface area contributed by atoms with Gasteiger partial charge < -0.3 is 9.84 Å². The molecule has 8 heteroatoms. The predicted molar refractivity (Wildman–Crippen MR) is 82.3 cm³/mol. The number of rotatable bonds is 7. The minimum absolute atomic E-state index is 0.0455. The molecule has 0 unspecified atom stereocenters. The monoisotopic (exact) mass is 354 g/mol. The highest BCUT2D eigenvalue weighted by Gasteiger charge is 2.65. The van der Waals surface area contributed by atoms with Gasteiger partial charge in [-0.05, 0) is 18.4 Å². The number of carbonyl (C=O) groups excluding carboxylic acids is 1. The molecule has 0 amide bonds. The highest BCUT2D eigenvalue weighted by Crippen LogP contribution is 2.52. The highest BCUT2D eigenvalue weighted by molar-refractivity contribution is 5.73. The minimum Gasteiger partial charge on any atom is -0.469 e. The fourth-order valence-electron chi connectivity index (χ4n) is 2.52. The summed E-state index contributed by atoms with van der Waals surface area (Å²) in [6.07, 6.45) is 0.259. The van der Waals surface area contributed by atoms with Gasteiger partial charge in [-0.1, -0.05) is 24.3 Å². The van der Waals surface area contributed by atoms with Crippen LogP contribution in [0.15, 0.2) is 34.5 Å². The fourth-order valence-corrected chi connectivity index (χ4v) is 2.52. The zero-order valence-corrected chi connectivity index (χ0v) is 13.5. The summed E-state index contributed by atoms with van der Waals surface area (Å²) in [6, 6.07) is 5.67. The van der Waals surface area contributed by atoms with Crippen molar-refractivity contribution in [2.24, 2.45) is 16.1 Å². The van der Waals surface area contributed by atoms with Crippen molar-refractivity contribution in [2.75, 3.05) is 7.11 Å². The minimum atomic E-state index is -4.56. The average Bonchev–Trinajstić information content (AvgIpc) is 3.39. The third-order valence-corrected chi connectivity index (χ3v) is 4.09. The summed E-state index contributed by atoms with van der Waals surface area (Å²) in [6.45, 7) is 0. The molecule has 1 aliphatic heterocycles. The van der Waals surface area contributed by atoms with Gasteiger partial charge >= 0.3 is 17.8 Å². The van der Waals surface area contributed by atoms with E-state index >= 15 is 0 Å². The zero-order chi connectivity index (χ0) is 18.7. The quantitative estimate of drug-likeness (QED) is 0.604. The van der Waals surface area contributed by atoms with Crippen molar-refractivity contribution in [3.05, 3.63) is 35.4 Å². The Morgan fingerprint density at radius 2 is 1.96 bits per heavy atom. The van der Waals surface area contributed by atoms with Crippen LogP contribution < -0.4 is 0 Å². The average molecular weight is 354 g/mol. The molecule has 1 aromatic carbocycles. The molecule has 1 aliphatic rings. The predicted octanol–water partition coefficient (Wildman–Crippen LogP) is 2.97. The van der Waals surface area contributed by atoms with Gasteiger partial charge in [0.15, 0.2) is 0 Å². The van der Waals surface area contributed by atoms with E-state index in [2.05, 4.69) is 20.9 Å². The first-order valence-electron chi connectivity index (χ1n) is 7.54. The van der Waals surface area contributed by atoms with Gasteiger partial charge in [0.05, 0.1) is 19.1 Å². The number of aryl methyl sites for hydroxylation is 1. The Bertz CT molecular complexity index is 687. The Kier molecular flexibility index (Phi) is 5.48.